The highest BCUT2D eigenvalue weighted by Gasteiger charge is 2.25. The molecule has 0 saturated carbocycles. The molecule has 0 saturated heterocycles. The van der Waals surface area contributed by atoms with Gasteiger partial charge in [0.15, 0.2) is 5.60 Å². The predicted octanol–water partition coefficient (Wildman–Crippen LogP) is 1.92. The zero-order valence-corrected chi connectivity index (χ0v) is 9.88. The summed E-state index contributed by atoms with van der Waals surface area (Å²) in [6.07, 6.45) is 0. The van der Waals surface area contributed by atoms with Crippen molar-refractivity contribution < 1.29 is 10.2 Å². The van der Waals surface area contributed by atoms with Gasteiger partial charge in [-0.2, -0.15) is 0 Å². The third-order valence-corrected chi connectivity index (χ3v) is 2.67. The van der Waals surface area contributed by atoms with Crippen LogP contribution in [0.15, 0.2) is 60.7 Å². The van der Waals surface area contributed by atoms with E-state index < -0.39 is 12.2 Å². The Morgan fingerprint density at radius 3 is 2.00 bits per heavy atom. The lowest BCUT2D eigenvalue weighted by molar-refractivity contribution is 0.0329. The van der Waals surface area contributed by atoms with Gasteiger partial charge in [-0.15, -0.1) is 0 Å². The van der Waals surface area contributed by atoms with Crippen molar-refractivity contribution in [3.05, 3.63) is 71.8 Å². The number of benzene rings is 2. The van der Waals surface area contributed by atoms with E-state index >= 15 is 0 Å². The average Bonchev–Trinajstić information content (AvgIpc) is 2.47. The third-order valence-electron chi connectivity index (χ3n) is 2.67. The van der Waals surface area contributed by atoms with Crippen LogP contribution in [-0.4, -0.2) is 16.8 Å². The van der Waals surface area contributed by atoms with Crippen molar-refractivity contribution in [3.8, 4) is 11.8 Å². The smallest absolute Gasteiger partial charge is 0.174 e. The molecular formula is C16H14O2. The Morgan fingerprint density at radius 2 is 1.44 bits per heavy atom. The Hall–Kier alpha value is -2.08. The Labute approximate surface area is 107 Å². The van der Waals surface area contributed by atoms with Crippen molar-refractivity contribution in [3.63, 3.8) is 0 Å². The summed E-state index contributed by atoms with van der Waals surface area (Å²) in [4.78, 5) is 0. The summed E-state index contributed by atoms with van der Waals surface area (Å²) in [5.74, 6) is 5.61. The van der Waals surface area contributed by atoms with E-state index in [1.807, 2.05) is 36.4 Å². The van der Waals surface area contributed by atoms with Gasteiger partial charge in [0.05, 0.1) is 6.61 Å². The Bertz CT molecular complexity index is 552. The van der Waals surface area contributed by atoms with Crippen molar-refractivity contribution in [1.82, 2.24) is 0 Å². The van der Waals surface area contributed by atoms with Gasteiger partial charge in [-0.25, -0.2) is 0 Å². The minimum absolute atomic E-state index is 0.434. The number of rotatable bonds is 2. The van der Waals surface area contributed by atoms with Crippen LogP contribution in [-0.2, 0) is 5.60 Å². The quantitative estimate of drug-likeness (QED) is 0.785. The summed E-state index contributed by atoms with van der Waals surface area (Å²) in [5, 5.41) is 19.7. The van der Waals surface area contributed by atoms with E-state index in [9.17, 15) is 10.2 Å². The molecule has 0 amide bonds. The van der Waals surface area contributed by atoms with Crippen LogP contribution >= 0.6 is 0 Å². The van der Waals surface area contributed by atoms with Crippen molar-refractivity contribution in [1.29, 1.82) is 0 Å². The molecule has 0 fully saturated rings. The maximum atomic E-state index is 10.3. The van der Waals surface area contributed by atoms with Crippen LogP contribution in [0, 0.1) is 11.8 Å². The highest BCUT2D eigenvalue weighted by atomic mass is 16.3. The molecule has 0 heterocycles. The van der Waals surface area contributed by atoms with E-state index in [2.05, 4.69) is 11.8 Å². The molecule has 2 nitrogen and oxygen atoms in total. The Morgan fingerprint density at radius 1 is 0.889 bits per heavy atom. The average molecular weight is 238 g/mol. The van der Waals surface area contributed by atoms with E-state index in [4.69, 9.17) is 0 Å². The van der Waals surface area contributed by atoms with Crippen molar-refractivity contribution in [2.45, 2.75) is 5.60 Å². The second-order valence-corrected chi connectivity index (χ2v) is 4.00. The first-order valence-electron chi connectivity index (χ1n) is 5.71. The molecule has 0 aliphatic carbocycles. The highest BCUT2D eigenvalue weighted by Crippen LogP contribution is 2.19. The fourth-order valence-electron chi connectivity index (χ4n) is 1.61. The molecule has 0 aromatic heterocycles. The third kappa shape index (κ3) is 2.78. The first-order chi connectivity index (χ1) is 8.74. The second-order valence-electron chi connectivity index (χ2n) is 4.00. The highest BCUT2D eigenvalue weighted by molar-refractivity contribution is 5.39. The normalized spacial score (nSPS) is 13.2. The number of aliphatic hydroxyl groups excluding tert-OH is 1. The van der Waals surface area contributed by atoms with Gasteiger partial charge in [-0.3, -0.25) is 0 Å². The molecule has 0 aliphatic heterocycles. The standard InChI is InChI=1S/C16H14O2/c17-13-16(18,15-9-5-2-6-10-15)12-11-14-7-3-1-4-8-14/h1-10,17-18H,13H2/t16-/m0/s1. The maximum absolute atomic E-state index is 10.3. The SMILES string of the molecule is OC[C@@](O)(C#Cc1ccccc1)c1ccccc1. The minimum atomic E-state index is -1.52. The molecule has 90 valence electrons. The van der Waals surface area contributed by atoms with Gasteiger partial charge in [-0.05, 0) is 17.7 Å². The number of aliphatic hydroxyl groups is 2. The molecule has 2 aromatic carbocycles. The van der Waals surface area contributed by atoms with Gasteiger partial charge in [0, 0.05) is 5.56 Å². The lowest BCUT2D eigenvalue weighted by Crippen LogP contribution is -2.28. The van der Waals surface area contributed by atoms with E-state index in [1.165, 1.54) is 0 Å². The van der Waals surface area contributed by atoms with Crippen LogP contribution in [0.2, 0.25) is 0 Å². The van der Waals surface area contributed by atoms with Gasteiger partial charge in [0.2, 0.25) is 0 Å². The summed E-state index contributed by atoms with van der Waals surface area (Å²) in [6, 6.07) is 18.3. The van der Waals surface area contributed by atoms with E-state index in [0.717, 1.165) is 5.56 Å². The molecule has 0 aliphatic rings. The zero-order chi connectivity index (χ0) is 12.8. The van der Waals surface area contributed by atoms with Gasteiger partial charge < -0.3 is 10.2 Å². The topological polar surface area (TPSA) is 40.5 Å². The van der Waals surface area contributed by atoms with Crippen LogP contribution < -0.4 is 0 Å². The van der Waals surface area contributed by atoms with Crippen molar-refractivity contribution >= 4 is 0 Å². The molecule has 1 atom stereocenters. The van der Waals surface area contributed by atoms with E-state index in [1.54, 1.807) is 24.3 Å². The maximum Gasteiger partial charge on any atom is 0.174 e. The van der Waals surface area contributed by atoms with Crippen molar-refractivity contribution in [2.24, 2.45) is 0 Å². The second kappa shape index (κ2) is 5.50. The molecule has 2 N–H and O–H groups in total. The summed E-state index contributed by atoms with van der Waals surface area (Å²) >= 11 is 0. The van der Waals surface area contributed by atoms with Gasteiger partial charge in [-0.1, -0.05) is 60.4 Å². The van der Waals surface area contributed by atoms with E-state index in [0.29, 0.717) is 5.56 Å². The fourth-order valence-corrected chi connectivity index (χ4v) is 1.61. The van der Waals surface area contributed by atoms with Crippen LogP contribution in [0.25, 0.3) is 0 Å². The predicted molar refractivity (Wildman–Crippen MR) is 70.7 cm³/mol. The Balaban J connectivity index is 2.33. The van der Waals surface area contributed by atoms with Gasteiger partial charge >= 0.3 is 0 Å². The monoisotopic (exact) mass is 238 g/mol. The summed E-state index contributed by atoms with van der Waals surface area (Å²) in [5.41, 5.74) is -0.117. The molecule has 0 unspecified atom stereocenters. The zero-order valence-electron chi connectivity index (χ0n) is 9.88. The molecule has 0 radical (unpaired) electrons. The number of hydrogen-bond acceptors (Lipinski definition) is 2. The summed E-state index contributed by atoms with van der Waals surface area (Å²) in [7, 11) is 0. The van der Waals surface area contributed by atoms with Crippen LogP contribution in [0.4, 0.5) is 0 Å². The van der Waals surface area contributed by atoms with Crippen molar-refractivity contribution in [2.75, 3.05) is 6.61 Å². The van der Waals surface area contributed by atoms with Gasteiger partial charge in [0.25, 0.3) is 0 Å². The lowest BCUT2D eigenvalue weighted by Gasteiger charge is -2.19. The molecule has 0 spiro atoms. The molecule has 0 bridgehead atoms. The van der Waals surface area contributed by atoms with Crippen LogP contribution in [0.1, 0.15) is 11.1 Å². The molecule has 2 rings (SSSR count). The first kappa shape index (κ1) is 12.4. The number of hydrogen-bond donors (Lipinski definition) is 2. The lowest BCUT2D eigenvalue weighted by atomic mass is 9.95. The summed E-state index contributed by atoms with van der Waals surface area (Å²) < 4.78 is 0. The first-order valence-corrected chi connectivity index (χ1v) is 5.71. The molecule has 18 heavy (non-hydrogen) atoms. The van der Waals surface area contributed by atoms with Gasteiger partial charge in [0.1, 0.15) is 0 Å². The fraction of sp³-hybridized carbons (Fsp3) is 0.125. The minimum Gasteiger partial charge on any atom is -0.392 e. The van der Waals surface area contributed by atoms with Crippen LogP contribution in [0.5, 0.6) is 0 Å². The Kier molecular flexibility index (Phi) is 3.78. The van der Waals surface area contributed by atoms with E-state index in [-0.39, 0.29) is 0 Å². The largest absolute Gasteiger partial charge is 0.392 e. The molecule has 2 heteroatoms. The summed E-state index contributed by atoms with van der Waals surface area (Å²) in [6.45, 7) is -0.434. The van der Waals surface area contributed by atoms with Crippen LogP contribution in [0.3, 0.4) is 0 Å². The molecule has 2 aromatic rings. The molecular weight excluding hydrogens is 224 g/mol.